The second-order valence-corrected chi connectivity index (χ2v) is 12.6. The number of amides is 2. The number of benzene rings is 7. The summed E-state index contributed by atoms with van der Waals surface area (Å²) in [6.45, 7) is 7.81. The Labute approximate surface area is 299 Å². The number of rotatable bonds is 5. The van der Waals surface area contributed by atoms with E-state index in [1.807, 2.05) is 144 Å². The van der Waals surface area contributed by atoms with Crippen LogP contribution in [0.4, 0.5) is 11.4 Å². The second kappa shape index (κ2) is 12.1. The Bertz CT molecular complexity index is 2760. The highest BCUT2D eigenvalue weighted by Crippen LogP contribution is 2.42. The number of nitriles is 1. The Morgan fingerprint density at radius 3 is 1.81 bits per heavy atom. The van der Waals surface area contributed by atoms with E-state index in [4.69, 9.17) is 6.57 Å². The molecular formula is C46H26N4O2. The lowest BCUT2D eigenvalue weighted by Crippen LogP contribution is -2.30. The van der Waals surface area contributed by atoms with Gasteiger partial charge in [0.15, 0.2) is 5.69 Å². The van der Waals surface area contributed by atoms with Gasteiger partial charge < -0.3 is 4.57 Å². The lowest BCUT2D eigenvalue weighted by Gasteiger charge is -2.19. The van der Waals surface area contributed by atoms with E-state index >= 15 is 0 Å². The largest absolute Gasteiger partial charge is 0.308 e. The summed E-state index contributed by atoms with van der Waals surface area (Å²) >= 11 is 0. The molecule has 242 valence electrons. The quantitative estimate of drug-likeness (QED) is 0.136. The van der Waals surface area contributed by atoms with Crippen LogP contribution in [0, 0.1) is 17.9 Å². The molecule has 1 aromatic heterocycles. The van der Waals surface area contributed by atoms with Crippen LogP contribution in [0.15, 0.2) is 158 Å². The molecule has 9 rings (SSSR count). The first-order valence-corrected chi connectivity index (χ1v) is 16.8. The zero-order valence-electron chi connectivity index (χ0n) is 27.6. The van der Waals surface area contributed by atoms with Gasteiger partial charge in [0, 0.05) is 16.3 Å². The first-order valence-electron chi connectivity index (χ1n) is 16.8. The molecule has 6 heteroatoms. The van der Waals surface area contributed by atoms with E-state index in [2.05, 4.69) is 10.9 Å². The highest BCUT2D eigenvalue weighted by molar-refractivity contribution is 6.36. The minimum absolute atomic E-state index is 0.309. The number of fused-ring (bicyclic) bond motifs is 4. The number of aromatic nitrogens is 1. The lowest BCUT2D eigenvalue weighted by molar-refractivity contribution is 0.0926. The normalized spacial score (nSPS) is 12.2. The van der Waals surface area contributed by atoms with Crippen LogP contribution in [0.25, 0.3) is 65.7 Å². The van der Waals surface area contributed by atoms with Crippen LogP contribution in [-0.4, -0.2) is 16.4 Å². The second-order valence-electron chi connectivity index (χ2n) is 12.6. The molecule has 52 heavy (non-hydrogen) atoms. The first kappa shape index (κ1) is 30.5. The van der Waals surface area contributed by atoms with E-state index in [9.17, 15) is 14.9 Å². The Morgan fingerprint density at radius 2 is 1.10 bits per heavy atom. The molecule has 0 spiro atoms. The smallest absolute Gasteiger partial charge is 0.268 e. The minimum atomic E-state index is -0.408. The van der Waals surface area contributed by atoms with Crippen molar-refractivity contribution >= 4 is 45.0 Å². The summed E-state index contributed by atoms with van der Waals surface area (Å²) in [4.78, 5) is 34.1. The monoisotopic (exact) mass is 666 g/mol. The van der Waals surface area contributed by atoms with Gasteiger partial charge in [0.25, 0.3) is 11.8 Å². The van der Waals surface area contributed by atoms with Crippen molar-refractivity contribution in [1.82, 2.24) is 4.57 Å². The molecule has 1 aliphatic rings. The number of carbonyl (C=O) groups is 2. The molecule has 0 N–H and O–H groups in total. The Kier molecular flexibility index (Phi) is 7.10. The van der Waals surface area contributed by atoms with Crippen molar-refractivity contribution < 1.29 is 9.59 Å². The van der Waals surface area contributed by atoms with E-state index in [1.165, 1.54) is 4.90 Å². The highest BCUT2D eigenvalue weighted by atomic mass is 16.2. The Balaban J connectivity index is 1.31. The number of imide groups is 1. The number of hydrogen-bond donors (Lipinski definition) is 0. The number of anilines is 1. The van der Waals surface area contributed by atoms with Gasteiger partial charge in [0.2, 0.25) is 0 Å². The summed E-state index contributed by atoms with van der Waals surface area (Å²) in [5.41, 5.74) is 9.40. The van der Waals surface area contributed by atoms with E-state index in [0.29, 0.717) is 33.8 Å². The van der Waals surface area contributed by atoms with Gasteiger partial charge in [-0.3, -0.25) is 9.59 Å². The van der Waals surface area contributed by atoms with Gasteiger partial charge in [-0.25, -0.2) is 9.74 Å². The predicted octanol–water partition coefficient (Wildman–Crippen LogP) is 11.0. The van der Waals surface area contributed by atoms with Crippen molar-refractivity contribution in [3.8, 4) is 45.1 Å². The van der Waals surface area contributed by atoms with Gasteiger partial charge in [0.05, 0.1) is 51.7 Å². The van der Waals surface area contributed by atoms with Crippen molar-refractivity contribution in [2.75, 3.05) is 4.90 Å². The van der Waals surface area contributed by atoms with Gasteiger partial charge >= 0.3 is 0 Å². The predicted molar refractivity (Wildman–Crippen MR) is 206 cm³/mol. The van der Waals surface area contributed by atoms with E-state index < -0.39 is 5.91 Å². The van der Waals surface area contributed by atoms with Crippen LogP contribution in [0.3, 0.4) is 0 Å². The lowest BCUT2D eigenvalue weighted by atomic mass is 9.98. The molecule has 0 atom stereocenters. The fourth-order valence-corrected chi connectivity index (χ4v) is 7.46. The van der Waals surface area contributed by atoms with E-state index in [1.54, 1.807) is 18.2 Å². The van der Waals surface area contributed by atoms with Crippen LogP contribution in [0.1, 0.15) is 26.3 Å². The van der Waals surface area contributed by atoms with Crippen LogP contribution in [0.5, 0.6) is 0 Å². The molecule has 2 heterocycles. The third-order valence-electron chi connectivity index (χ3n) is 9.83. The van der Waals surface area contributed by atoms with Crippen LogP contribution < -0.4 is 4.90 Å². The molecule has 0 radical (unpaired) electrons. The number of carbonyl (C=O) groups excluding carboxylic acids is 2. The molecule has 6 nitrogen and oxygen atoms in total. The van der Waals surface area contributed by atoms with Gasteiger partial charge in [-0.15, -0.1) is 0 Å². The summed E-state index contributed by atoms with van der Waals surface area (Å²) in [7, 11) is 0. The van der Waals surface area contributed by atoms with Crippen molar-refractivity contribution in [2.24, 2.45) is 0 Å². The summed E-state index contributed by atoms with van der Waals surface area (Å²) in [6, 6.07) is 52.1. The van der Waals surface area contributed by atoms with Gasteiger partial charge in [-0.1, -0.05) is 121 Å². The summed E-state index contributed by atoms with van der Waals surface area (Å²) in [5.74, 6) is -0.796. The number of nitrogens with zero attached hydrogens (tertiary/aromatic N) is 4. The highest BCUT2D eigenvalue weighted by Gasteiger charge is 2.40. The average molecular weight is 667 g/mol. The zero-order valence-corrected chi connectivity index (χ0v) is 27.6. The maximum absolute atomic E-state index is 14.7. The molecule has 8 aromatic rings. The van der Waals surface area contributed by atoms with Gasteiger partial charge in [-0.2, -0.15) is 5.26 Å². The van der Waals surface area contributed by atoms with Crippen molar-refractivity contribution in [3.63, 3.8) is 0 Å². The van der Waals surface area contributed by atoms with Crippen molar-refractivity contribution in [1.29, 1.82) is 5.26 Å². The summed E-state index contributed by atoms with van der Waals surface area (Å²) in [5, 5.41) is 11.8. The third kappa shape index (κ3) is 4.64. The summed E-state index contributed by atoms with van der Waals surface area (Å²) in [6.07, 6.45) is 0. The van der Waals surface area contributed by atoms with Crippen LogP contribution in [-0.2, 0) is 0 Å². The maximum Gasteiger partial charge on any atom is 0.268 e. The van der Waals surface area contributed by atoms with Crippen molar-refractivity contribution in [3.05, 3.63) is 186 Å². The topological polar surface area (TPSA) is 70.5 Å². The molecular weight excluding hydrogens is 641 g/mol. The molecule has 2 amide bonds. The Hall–Kier alpha value is -7.54. The maximum atomic E-state index is 14.7. The summed E-state index contributed by atoms with van der Waals surface area (Å²) < 4.78 is 2.05. The molecule has 0 fully saturated rings. The van der Waals surface area contributed by atoms with E-state index in [0.717, 1.165) is 55.2 Å². The molecule has 1 aliphatic heterocycles. The molecule has 0 aliphatic carbocycles. The van der Waals surface area contributed by atoms with Crippen LogP contribution in [0.2, 0.25) is 0 Å². The number of hydrogen-bond acceptors (Lipinski definition) is 3. The van der Waals surface area contributed by atoms with Crippen molar-refractivity contribution in [2.45, 2.75) is 0 Å². The SMILES string of the molecule is [C-]#[N+]c1ccccc1-c1ccc2c3ccc(-c4ccccc4C#N)cc3n(-c3cccc4c3C(=O)N(c3ccccc3-c3ccccc3)C4=O)c2c1. The Morgan fingerprint density at radius 1 is 0.519 bits per heavy atom. The molecule has 0 saturated heterocycles. The third-order valence-corrected chi connectivity index (χ3v) is 9.83. The molecule has 0 bridgehead atoms. The standard InChI is InChI=1S/C46H26N4O2/c1-48-39-19-9-7-16-34(39)31-23-25-37-36-24-22-30(33-15-6-5-14-32(33)28-47)26-42(36)49(43(37)27-31)41-21-11-18-38-44(41)46(52)50(45(38)51)40-20-10-8-17-35(40)29-12-3-2-4-13-29/h2-27H. The molecule has 0 saturated carbocycles. The fourth-order valence-electron chi connectivity index (χ4n) is 7.46. The van der Waals surface area contributed by atoms with Gasteiger partial charge in [0.1, 0.15) is 0 Å². The molecule has 7 aromatic carbocycles. The average Bonchev–Trinajstić information content (AvgIpc) is 3.67. The van der Waals surface area contributed by atoms with E-state index in [-0.39, 0.29) is 5.91 Å². The van der Waals surface area contributed by atoms with Gasteiger partial charge in [-0.05, 0) is 64.2 Å². The molecule has 0 unspecified atom stereocenters. The zero-order chi connectivity index (χ0) is 35.3. The first-order chi connectivity index (χ1) is 25.6. The minimum Gasteiger partial charge on any atom is -0.308 e. The van der Waals surface area contributed by atoms with Crippen LogP contribution >= 0.6 is 0 Å². The fraction of sp³-hybridized carbons (Fsp3) is 0. The number of para-hydroxylation sites is 2.